The first-order valence-electron chi connectivity index (χ1n) is 6.72. The Kier molecular flexibility index (Phi) is 8.56. The van der Waals surface area contributed by atoms with Gasteiger partial charge < -0.3 is 19.5 Å². The van der Waals surface area contributed by atoms with Crippen molar-refractivity contribution in [3.05, 3.63) is 0 Å². The van der Waals surface area contributed by atoms with E-state index >= 15 is 0 Å². The molecular formula is C12H25NO5S. The number of hydrogen-bond donors (Lipinski definition) is 1. The van der Waals surface area contributed by atoms with E-state index in [9.17, 15) is 8.42 Å². The van der Waals surface area contributed by atoms with Gasteiger partial charge in [0.15, 0.2) is 0 Å². The molecule has 0 saturated carbocycles. The summed E-state index contributed by atoms with van der Waals surface area (Å²) < 4.78 is 38.0. The van der Waals surface area contributed by atoms with Gasteiger partial charge in [-0.25, -0.2) is 8.42 Å². The van der Waals surface area contributed by atoms with Crippen LogP contribution in [0, 0.1) is 0 Å². The minimum absolute atomic E-state index is 0.304. The van der Waals surface area contributed by atoms with Crippen LogP contribution in [-0.2, 0) is 24.0 Å². The number of ether oxygens (including phenoxy) is 3. The van der Waals surface area contributed by atoms with E-state index in [1.807, 2.05) is 0 Å². The zero-order valence-corrected chi connectivity index (χ0v) is 12.4. The second-order valence-corrected chi connectivity index (χ2v) is 6.90. The molecule has 1 aliphatic heterocycles. The first-order valence-corrected chi connectivity index (χ1v) is 8.54. The predicted octanol–water partition coefficient (Wildman–Crippen LogP) is -0.167. The van der Waals surface area contributed by atoms with Crippen LogP contribution in [-0.4, -0.2) is 72.7 Å². The molecule has 0 bridgehead atoms. The smallest absolute Gasteiger partial charge is 0.150 e. The molecule has 1 saturated heterocycles. The van der Waals surface area contributed by atoms with Gasteiger partial charge in [-0.05, 0) is 12.8 Å². The molecule has 0 atom stereocenters. The first-order chi connectivity index (χ1) is 9.14. The lowest BCUT2D eigenvalue weighted by Crippen LogP contribution is -2.39. The molecule has 1 N–H and O–H groups in total. The zero-order valence-electron chi connectivity index (χ0n) is 11.6. The van der Waals surface area contributed by atoms with E-state index in [0.717, 1.165) is 6.54 Å². The van der Waals surface area contributed by atoms with Crippen LogP contribution in [0.2, 0.25) is 0 Å². The highest BCUT2D eigenvalue weighted by Gasteiger charge is 2.22. The van der Waals surface area contributed by atoms with Gasteiger partial charge in [-0.15, -0.1) is 0 Å². The maximum atomic E-state index is 11.2. The third-order valence-electron chi connectivity index (χ3n) is 3.04. The van der Waals surface area contributed by atoms with Crippen molar-refractivity contribution in [3.8, 4) is 0 Å². The van der Waals surface area contributed by atoms with E-state index in [2.05, 4.69) is 5.32 Å². The van der Waals surface area contributed by atoms with E-state index in [1.165, 1.54) is 0 Å². The van der Waals surface area contributed by atoms with Crippen LogP contribution in [0.15, 0.2) is 0 Å². The van der Waals surface area contributed by atoms with Gasteiger partial charge in [-0.2, -0.15) is 0 Å². The van der Waals surface area contributed by atoms with Crippen LogP contribution in [0.3, 0.4) is 0 Å². The SMILES string of the molecule is COCCOCCOCCNC1CCS(=O)(=O)CC1. The summed E-state index contributed by atoms with van der Waals surface area (Å²) in [6.45, 7) is 3.72. The molecule has 1 aliphatic rings. The average Bonchev–Trinajstić information content (AvgIpc) is 2.38. The van der Waals surface area contributed by atoms with Crippen molar-refractivity contribution < 1.29 is 22.6 Å². The number of hydrogen-bond acceptors (Lipinski definition) is 6. The van der Waals surface area contributed by atoms with Gasteiger partial charge in [-0.1, -0.05) is 0 Å². The third kappa shape index (κ3) is 8.54. The van der Waals surface area contributed by atoms with E-state index in [-0.39, 0.29) is 0 Å². The molecule has 114 valence electrons. The van der Waals surface area contributed by atoms with Gasteiger partial charge in [0, 0.05) is 19.7 Å². The van der Waals surface area contributed by atoms with Crippen LogP contribution in [0.5, 0.6) is 0 Å². The molecule has 1 fully saturated rings. The third-order valence-corrected chi connectivity index (χ3v) is 4.75. The quantitative estimate of drug-likeness (QED) is 0.564. The Bertz CT molecular complexity index is 306. The second-order valence-electron chi connectivity index (χ2n) is 4.60. The van der Waals surface area contributed by atoms with Crippen LogP contribution in [0.4, 0.5) is 0 Å². The predicted molar refractivity (Wildman–Crippen MR) is 73.2 cm³/mol. The van der Waals surface area contributed by atoms with E-state index in [1.54, 1.807) is 7.11 Å². The van der Waals surface area contributed by atoms with Gasteiger partial charge in [0.2, 0.25) is 0 Å². The molecule has 0 aliphatic carbocycles. The number of rotatable bonds is 10. The molecule has 0 aromatic heterocycles. The fraction of sp³-hybridized carbons (Fsp3) is 1.00. The summed E-state index contributed by atoms with van der Waals surface area (Å²) >= 11 is 0. The van der Waals surface area contributed by atoms with Gasteiger partial charge in [0.25, 0.3) is 0 Å². The fourth-order valence-corrected chi connectivity index (χ4v) is 3.39. The second kappa shape index (κ2) is 9.66. The molecule has 0 aromatic carbocycles. The minimum Gasteiger partial charge on any atom is -0.382 e. The van der Waals surface area contributed by atoms with Crippen molar-refractivity contribution in [2.45, 2.75) is 18.9 Å². The Morgan fingerprint density at radius 1 is 1.00 bits per heavy atom. The molecular weight excluding hydrogens is 270 g/mol. The largest absolute Gasteiger partial charge is 0.382 e. The van der Waals surface area contributed by atoms with E-state index < -0.39 is 9.84 Å². The summed E-state index contributed by atoms with van der Waals surface area (Å²) in [7, 11) is -1.12. The molecule has 7 heteroatoms. The van der Waals surface area contributed by atoms with Gasteiger partial charge in [0.05, 0.1) is 44.5 Å². The van der Waals surface area contributed by atoms with Gasteiger partial charge in [-0.3, -0.25) is 0 Å². The summed E-state index contributed by atoms with van der Waals surface area (Å²) in [5.41, 5.74) is 0. The Hall–Kier alpha value is -0.210. The summed E-state index contributed by atoms with van der Waals surface area (Å²) in [6, 6.07) is 0.310. The highest BCUT2D eigenvalue weighted by Crippen LogP contribution is 2.11. The number of sulfone groups is 1. The Balaban J connectivity index is 1.86. The minimum atomic E-state index is -2.76. The van der Waals surface area contributed by atoms with Gasteiger partial charge in [0.1, 0.15) is 9.84 Å². The molecule has 6 nitrogen and oxygen atoms in total. The Morgan fingerprint density at radius 3 is 2.21 bits per heavy atom. The topological polar surface area (TPSA) is 73.9 Å². The van der Waals surface area contributed by atoms with Crippen molar-refractivity contribution in [1.82, 2.24) is 5.32 Å². The number of methoxy groups -OCH3 is 1. The monoisotopic (exact) mass is 295 g/mol. The van der Waals surface area contributed by atoms with Gasteiger partial charge >= 0.3 is 0 Å². The summed E-state index contributed by atoms with van der Waals surface area (Å²) in [6.07, 6.45) is 1.42. The van der Waals surface area contributed by atoms with E-state index in [0.29, 0.717) is 63.4 Å². The molecule has 0 aromatic rings. The average molecular weight is 295 g/mol. The van der Waals surface area contributed by atoms with Crippen LogP contribution in [0.1, 0.15) is 12.8 Å². The molecule has 0 amide bonds. The molecule has 1 heterocycles. The zero-order chi connectivity index (χ0) is 14.0. The highest BCUT2D eigenvalue weighted by atomic mass is 32.2. The van der Waals surface area contributed by atoms with Crippen molar-refractivity contribution in [2.24, 2.45) is 0 Å². The summed E-state index contributed by atoms with van der Waals surface area (Å²) in [5.74, 6) is 0.609. The van der Waals surface area contributed by atoms with Crippen molar-refractivity contribution in [2.75, 3.05) is 58.2 Å². The summed E-state index contributed by atoms with van der Waals surface area (Å²) in [4.78, 5) is 0. The van der Waals surface area contributed by atoms with Crippen molar-refractivity contribution >= 4 is 9.84 Å². The normalized spacial score (nSPS) is 19.6. The summed E-state index contributed by atoms with van der Waals surface area (Å²) in [5, 5.41) is 3.32. The Morgan fingerprint density at radius 2 is 1.58 bits per heavy atom. The van der Waals surface area contributed by atoms with Crippen molar-refractivity contribution in [3.63, 3.8) is 0 Å². The molecule has 0 radical (unpaired) electrons. The molecule has 1 rings (SSSR count). The maximum absolute atomic E-state index is 11.2. The lowest BCUT2D eigenvalue weighted by Gasteiger charge is -2.23. The van der Waals surface area contributed by atoms with Crippen LogP contribution < -0.4 is 5.32 Å². The highest BCUT2D eigenvalue weighted by molar-refractivity contribution is 7.91. The Labute approximate surface area is 115 Å². The van der Waals surface area contributed by atoms with Crippen LogP contribution in [0.25, 0.3) is 0 Å². The molecule has 0 spiro atoms. The number of nitrogens with one attached hydrogen (secondary N) is 1. The molecule has 19 heavy (non-hydrogen) atoms. The maximum Gasteiger partial charge on any atom is 0.150 e. The van der Waals surface area contributed by atoms with E-state index in [4.69, 9.17) is 14.2 Å². The standard InChI is InChI=1S/C12H25NO5S/c1-16-6-7-18-9-8-17-5-4-13-12-2-10-19(14,15)11-3-12/h12-13H,2-11H2,1H3. The molecule has 0 unspecified atom stereocenters. The lowest BCUT2D eigenvalue weighted by atomic mass is 10.1. The fourth-order valence-electron chi connectivity index (χ4n) is 1.89. The van der Waals surface area contributed by atoms with Crippen molar-refractivity contribution in [1.29, 1.82) is 0 Å². The lowest BCUT2D eigenvalue weighted by molar-refractivity contribution is 0.0252. The van der Waals surface area contributed by atoms with Crippen LogP contribution >= 0.6 is 0 Å². The first kappa shape index (κ1) is 16.8.